The number of aromatic nitrogens is 2. The number of nitrogens with zero attached hydrogens (tertiary/aromatic N) is 2. The van der Waals surface area contributed by atoms with Crippen molar-refractivity contribution >= 4 is 23.2 Å². The molecule has 3 rings (SSSR count). The van der Waals surface area contributed by atoms with Crippen molar-refractivity contribution in [3.05, 3.63) is 65.0 Å². The summed E-state index contributed by atoms with van der Waals surface area (Å²) in [5.41, 5.74) is 2.03. The van der Waals surface area contributed by atoms with Crippen LogP contribution < -0.4 is 10.6 Å². The first kappa shape index (κ1) is 16.0. The number of carbonyl (C=O) groups is 1. The van der Waals surface area contributed by atoms with Crippen molar-refractivity contribution < 1.29 is 9.32 Å². The standard InChI is InChI=1S/C17H15ClN4O2/c1-19-17(23)13-7-2-3-8-14(13)20-10-15-21-16(22-24-15)11-5-4-6-12(18)9-11/h2-9,20H,10H2,1H3,(H,19,23). The zero-order valence-electron chi connectivity index (χ0n) is 12.9. The molecule has 0 spiro atoms. The SMILES string of the molecule is CNC(=O)c1ccccc1NCc1nc(-c2cccc(Cl)c2)no1. The third-order valence-corrected chi connectivity index (χ3v) is 3.61. The van der Waals surface area contributed by atoms with E-state index in [0.717, 1.165) is 5.56 Å². The summed E-state index contributed by atoms with van der Waals surface area (Å²) in [7, 11) is 1.59. The number of anilines is 1. The van der Waals surface area contributed by atoms with Crippen molar-refractivity contribution in [1.29, 1.82) is 0 Å². The van der Waals surface area contributed by atoms with Gasteiger partial charge in [-0.05, 0) is 24.3 Å². The molecule has 0 aliphatic carbocycles. The third kappa shape index (κ3) is 3.55. The molecule has 0 bridgehead atoms. The number of benzene rings is 2. The van der Waals surface area contributed by atoms with Gasteiger partial charge in [0.15, 0.2) is 0 Å². The second-order valence-electron chi connectivity index (χ2n) is 5.00. The lowest BCUT2D eigenvalue weighted by Crippen LogP contribution is -2.19. The van der Waals surface area contributed by atoms with Crippen LogP contribution in [0.5, 0.6) is 0 Å². The van der Waals surface area contributed by atoms with Crippen molar-refractivity contribution in [2.45, 2.75) is 6.54 Å². The summed E-state index contributed by atoms with van der Waals surface area (Å²) in [4.78, 5) is 16.2. The number of hydrogen-bond acceptors (Lipinski definition) is 5. The minimum absolute atomic E-state index is 0.164. The van der Waals surface area contributed by atoms with Crippen molar-refractivity contribution in [3.63, 3.8) is 0 Å². The van der Waals surface area contributed by atoms with Crippen LogP contribution in [0.2, 0.25) is 5.02 Å². The molecule has 0 fully saturated rings. The number of rotatable bonds is 5. The first-order valence-corrected chi connectivity index (χ1v) is 7.68. The van der Waals surface area contributed by atoms with E-state index in [0.29, 0.717) is 34.5 Å². The lowest BCUT2D eigenvalue weighted by molar-refractivity contribution is 0.0964. The van der Waals surface area contributed by atoms with Crippen LogP contribution in [0.4, 0.5) is 5.69 Å². The summed E-state index contributed by atoms with van der Waals surface area (Å²) in [5.74, 6) is 0.716. The highest BCUT2D eigenvalue weighted by Gasteiger charge is 2.12. The van der Waals surface area contributed by atoms with E-state index in [1.165, 1.54) is 0 Å². The Bertz CT molecular complexity index is 863. The Kier molecular flexibility index (Phi) is 4.77. The van der Waals surface area contributed by atoms with E-state index in [1.54, 1.807) is 31.3 Å². The van der Waals surface area contributed by atoms with Crippen LogP contribution in [-0.2, 0) is 6.54 Å². The number of amides is 1. The molecule has 2 N–H and O–H groups in total. The van der Waals surface area contributed by atoms with Crippen molar-refractivity contribution in [3.8, 4) is 11.4 Å². The maximum atomic E-state index is 11.9. The molecule has 0 saturated carbocycles. The topological polar surface area (TPSA) is 80.0 Å². The van der Waals surface area contributed by atoms with Crippen LogP contribution in [0.25, 0.3) is 11.4 Å². The molecular weight excluding hydrogens is 328 g/mol. The second-order valence-corrected chi connectivity index (χ2v) is 5.44. The molecule has 0 saturated heterocycles. The fourth-order valence-corrected chi connectivity index (χ4v) is 2.40. The quantitative estimate of drug-likeness (QED) is 0.743. The number of para-hydroxylation sites is 1. The average molecular weight is 343 g/mol. The normalized spacial score (nSPS) is 10.4. The molecule has 1 aromatic heterocycles. The molecular formula is C17H15ClN4O2. The van der Waals surface area contributed by atoms with Gasteiger partial charge in [0.05, 0.1) is 12.1 Å². The highest BCUT2D eigenvalue weighted by Crippen LogP contribution is 2.21. The zero-order chi connectivity index (χ0) is 16.9. The molecule has 0 aliphatic rings. The van der Waals surface area contributed by atoms with Gasteiger partial charge in [0.25, 0.3) is 5.91 Å². The molecule has 122 valence electrons. The number of nitrogens with one attached hydrogen (secondary N) is 2. The molecule has 3 aromatic rings. The molecule has 24 heavy (non-hydrogen) atoms. The van der Waals surface area contributed by atoms with E-state index in [2.05, 4.69) is 20.8 Å². The fourth-order valence-electron chi connectivity index (χ4n) is 2.21. The van der Waals surface area contributed by atoms with Crippen LogP contribution >= 0.6 is 11.6 Å². The van der Waals surface area contributed by atoms with Gasteiger partial charge >= 0.3 is 0 Å². The summed E-state index contributed by atoms with van der Waals surface area (Å²) in [5, 5.41) is 10.3. The summed E-state index contributed by atoms with van der Waals surface area (Å²) < 4.78 is 5.24. The minimum atomic E-state index is -0.164. The predicted octanol–water partition coefficient (Wildman–Crippen LogP) is 3.36. The number of halogens is 1. The molecule has 0 radical (unpaired) electrons. The lowest BCUT2D eigenvalue weighted by atomic mass is 10.1. The van der Waals surface area contributed by atoms with Crippen LogP contribution in [0, 0.1) is 0 Å². The first-order valence-electron chi connectivity index (χ1n) is 7.31. The van der Waals surface area contributed by atoms with E-state index in [-0.39, 0.29) is 5.91 Å². The van der Waals surface area contributed by atoms with E-state index >= 15 is 0 Å². The number of hydrogen-bond donors (Lipinski definition) is 2. The Hall–Kier alpha value is -2.86. The highest BCUT2D eigenvalue weighted by atomic mass is 35.5. The monoisotopic (exact) mass is 342 g/mol. The molecule has 7 heteroatoms. The van der Waals surface area contributed by atoms with E-state index in [9.17, 15) is 4.79 Å². The van der Waals surface area contributed by atoms with Gasteiger partial charge in [-0.15, -0.1) is 0 Å². The molecule has 0 unspecified atom stereocenters. The smallest absolute Gasteiger partial charge is 0.253 e. The molecule has 1 heterocycles. The number of carbonyl (C=O) groups excluding carboxylic acids is 1. The lowest BCUT2D eigenvalue weighted by Gasteiger charge is -2.09. The predicted molar refractivity (Wildman–Crippen MR) is 91.9 cm³/mol. The van der Waals surface area contributed by atoms with Gasteiger partial charge in [-0.2, -0.15) is 4.98 Å². The van der Waals surface area contributed by atoms with Gasteiger partial charge in [-0.1, -0.05) is 41.0 Å². The summed E-state index contributed by atoms with van der Waals surface area (Å²) in [6.45, 7) is 0.307. The van der Waals surface area contributed by atoms with Crippen LogP contribution in [-0.4, -0.2) is 23.1 Å². The largest absolute Gasteiger partial charge is 0.375 e. The van der Waals surface area contributed by atoms with Crippen LogP contribution in [0.1, 0.15) is 16.2 Å². The van der Waals surface area contributed by atoms with Gasteiger partial charge in [0.1, 0.15) is 0 Å². The zero-order valence-corrected chi connectivity index (χ0v) is 13.7. The molecule has 0 atom stereocenters. The van der Waals surface area contributed by atoms with Gasteiger partial charge in [0, 0.05) is 23.3 Å². The van der Waals surface area contributed by atoms with E-state index in [1.807, 2.05) is 24.3 Å². The highest BCUT2D eigenvalue weighted by molar-refractivity contribution is 6.30. The third-order valence-electron chi connectivity index (χ3n) is 3.38. The van der Waals surface area contributed by atoms with Crippen LogP contribution in [0.3, 0.4) is 0 Å². The van der Waals surface area contributed by atoms with Gasteiger partial charge in [-0.3, -0.25) is 4.79 Å². The summed E-state index contributed by atoms with van der Waals surface area (Å²) in [6.07, 6.45) is 0. The Labute approximate surface area is 143 Å². The van der Waals surface area contributed by atoms with E-state index < -0.39 is 0 Å². The minimum Gasteiger partial charge on any atom is -0.375 e. The maximum Gasteiger partial charge on any atom is 0.253 e. The maximum absolute atomic E-state index is 11.9. The van der Waals surface area contributed by atoms with E-state index in [4.69, 9.17) is 16.1 Å². The fraction of sp³-hybridized carbons (Fsp3) is 0.118. The summed E-state index contributed by atoms with van der Waals surface area (Å²) >= 11 is 5.97. The molecule has 1 amide bonds. The summed E-state index contributed by atoms with van der Waals surface area (Å²) in [6, 6.07) is 14.4. The Balaban J connectivity index is 1.74. The Morgan fingerprint density at radius 1 is 1.21 bits per heavy atom. The average Bonchev–Trinajstić information content (AvgIpc) is 3.08. The van der Waals surface area contributed by atoms with Gasteiger partial charge in [-0.25, -0.2) is 0 Å². The van der Waals surface area contributed by atoms with Crippen LogP contribution in [0.15, 0.2) is 53.1 Å². The van der Waals surface area contributed by atoms with Crippen molar-refractivity contribution in [1.82, 2.24) is 15.5 Å². The molecule has 2 aromatic carbocycles. The van der Waals surface area contributed by atoms with Crippen molar-refractivity contribution in [2.24, 2.45) is 0 Å². The second kappa shape index (κ2) is 7.14. The molecule has 6 nitrogen and oxygen atoms in total. The van der Waals surface area contributed by atoms with Gasteiger partial charge in [0.2, 0.25) is 11.7 Å². The van der Waals surface area contributed by atoms with Gasteiger partial charge < -0.3 is 15.2 Å². The first-order chi connectivity index (χ1) is 11.7. The molecule has 0 aliphatic heterocycles. The Morgan fingerprint density at radius 2 is 2.04 bits per heavy atom. The Morgan fingerprint density at radius 3 is 2.83 bits per heavy atom. The van der Waals surface area contributed by atoms with Crippen molar-refractivity contribution in [2.75, 3.05) is 12.4 Å².